The molecule has 1 fully saturated rings. The van der Waals surface area contributed by atoms with Crippen LogP contribution < -0.4 is 10.1 Å². The van der Waals surface area contributed by atoms with Gasteiger partial charge in [0.1, 0.15) is 30.0 Å². The standard InChI is InChI=1S/C13H16N2O4S/c1-13(2)12(18)10(11-7(19-13)3-4-20-11)15-6-8(16)14-5-9(15)17/h3-4,10,12,18H,5-6H2,1-2H3,(H,14,16). The monoisotopic (exact) mass is 296 g/mol. The second kappa shape index (κ2) is 4.46. The summed E-state index contributed by atoms with van der Waals surface area (Å²) in [6.45, 7) is 3.50. The molecule has 108 valence electrons. The van der Waals surface area contributed by atoms with E-state index >= 15 is 0 Å². The average Bonchev–Trinajstić information content (AvgIpc) is 2.81. The van der Waals surface area contributed by atoms with Gasteiger partial charge in [-0.15, -0.1) is 11.3 Å². The topological polar surface area (TPSA) is 78.9 Å². The maximum absolute atomic E-state index is 12.1. The van der Waals surface area contributed by atoms with Gasteiger partial charge in [-0.3, -0.25) is 9.59 Å². The van der Waals surface area contributed by atoms with Crippen molar-refractivity contribution in [3.8, 4) is 5.75 Å². The maximum Gasteiger partial charge on any atom is 0.243 e. The van der Waals surface area contributed by atoms with Gasteiger partial charge in [0.25, 0.3) is 0 Å². The van der Waals surface area contributed by atoms with Crippen LogP contribution in [0, 0.1) is 0 Å². The van der Waals surface area contributed by atoms with Crippen LogP contribution in [0.1, 0.15) is 24.8 Å². The van der Waals surface area contributed by atoms with Crippen LogP contribution in [0.3, 0.4) is 0 Å². The van der Waals surface area contributed by atoms with E-state index in [4.69, 9.17) is 4.74 Å². The molecule has 0 aliphatic carbocycles. The quantitative estimate of drug-likeness (QED) is 0.780. The Morgan fingerprint density at radius 2 is 2.25 bits per heavy atom. The minimum absolute atomic E-state index is 0.0238. The number of piperazine rings is 1. The Bertz CT molecular complexity index is 568. The number of hydrogen-bond donors (Lipinski definition) is 2. The van der Waals surface area contributed by atoms with Gasteiger partial charge in [0.15, 0.2) is 0 Å². The minimum Gasteiger partial charge on any atom is -0.484 e. The molecule has 2 aliphatic heterocycles. The van der Waals surface area contributed by atoms with Crippen molar-refractivity contribution in [2.24, 2.45) is 0 Å². The van der Waals surface area contributed by atoms with Crippen molar-refractivity contribution in [1.82, 2.24) is 10.2 Å². The first-order valence-corrected chi connectivity index (χ1v) is 7.29. The summed E-state index contributed by atoms with van der Waals surface area (Å²) in [4.78, 5) is 25.9. The number of nitrogens with zero attached hydrogens (tertiary/aromatic N) is 1. The summed E-state index contributed by atoms with van der Waals surface area (Å²) in [5.41, 5.74) is -0.813. The van der Waals surface area contributed by atoms with Gasteiger partial charge in [-0.05, 0) is 25.3 Å². The Balaban J connectivity index is 2.03. The van der Waals surface area contributed by atoms with Gasteiger partial charge < -0.3 is 20.1 Å². The molecule has 7 heteroatoms. The second-order valence-corrected chi connectivity index (χ2v) is 6.49. The summed E-state index contributed by atoms with van der Waals surface area (Å²) in [5.74, 6) is 0.277. The highest BCUT2D eigenvalue weighted by Gasteiger charge is 2.48. The van der Waals surface area contributed by atoms with E-state index in [-0.39, 0.29) is 24.9 Å². The predicted octanol–water partition coefficient (Wildman–Crippen LogP) is 0.279. The summed E-state index contributed by atoms with van der Waals surface area (Å²) in [5, 5.41) is 15.0. The largest absolute Gasteiger partial charge is 0.484 e. The lowest BCUT2D eigenvalue weighted by atomic mass is 9.89. The molecule has 0 saturated carbocycles. The number of nitrogens with one attached hydrogen (secondary N) is 1. The minimum atomic E-state index is -0.886. The van der Waals surface area contributed by atoms with E-state index in [0.29, 0.717) is 5.75 Å². The summed E-state index contributed by atoms with van der Waals surface area (Å²) in [7, 11) is 0. The molecule has 2 unspecified atom stereocenters. The molecule has 2 N–H and O–H groups in total. The first-order valence-electron chi connectivity index (χ1n) is 6.41. The van der Waals surface area contributed by atoms with E-state index in [2.05, 4.69) is 5.32 Å². The highest BCUT2D eigenvalue weighted by Crippen LogP contribution is 2.45. The number of amides is 2. The maximum atomic E-state index is 12.1. The molecular weight excluding hydrogens is 280 g/mol. The number of aliphatic hydroxyl groups excluding tert-OH is 1. The van der Waals surface area contributed by atoms with Crippen LogP contribution >= 0.6 is 11.3 Å². The van der Waals surface area contributed by atoms with Crippen LogP contribution in [0.5, 0.6) is 5.75 Å². The van der Waals surface area contributed by atoms with Crippen molar-refractivity contribution in [2.45, 2.75) is 31.6 Å². The highest BCUT2D eigenvalue weighted by molar-refractivity contribution is 7.10. The van der Waals surface area contributed by atoms with Crippen molar-refractivity contribution >= 4 is 23.2 Å². The number of hydrogen-bond acceptors (Lipinski definition) is 5. The molecule has 2 atom stereocenters. The third-order valence-electron chi connectivity index (χ3n) is 3.72. The van der Waals surface area contributed by atoms with Crippen molar-refractivity contribution in [1.29, 1.82) is 0 Å². The number of carbonyl (C=O) groups is 2. The molecular formula is C13H16N2O4S. The average molecular weight is 296 g/mol. The molecule has 0 bridgehead atoms. The van der Waals surface area contributed by atoms with Gasteiger partial charge in [0, 0.05) is 0 Å². The molecule has 6 nitrogen and oxygen atoms in total. The van der Waals surface area contributed by atoms with Crippen molar-refractivity contribution < 1.29 is 19.4 Å². The van der Waals surface area contributed by atoms with Gasteiger partial charge in [-0.25, -0.2) is 0 Å². The highest BCUT2D eigenvalue weighted by atomic mass is 32.1. The fraction of sp³-hybridized carbons (Fsp3) is 0.538. The van der Waals surface area contributed by atoms with E-state index in [1.807, 2.05) is 11.4 Å². The van der Waals surface area contributed by atoms with Crippen LogP contribution in [0.4, 0.5) is 0 Å². The Kier molecular flexibility index (Phi) is 2.98. The van der Waals surface area contributed by atoms with E-state index in [1.165, 1.54) is 16.2 Å². The van der Waals surface area contributed by atoms with Gasteiger partial charge in [0.05, 0.1) is 11.4 Å². The van der Waals surface area contributed by atoms with Gasteiger partial charge in [-0.1, -0.05) is 0 Å². The number of thiophene rings is 1. The van der Waals surface area contributed by atoms with E-state index in [9.17, 15) is 14.7 Å². The van der Waals surface area contributed by atoms with Crippen LogP contribution in [0.2, 0.25) is 0 Å². The zero-order valence-corrected chi connectivity index (χ0v) is 12.1. The third-order valence-corrected chi connectivity index (χ3v) is 4.69. The number of fused-ring (bicyclic) bond motifs is 1. The Morgan fingerprint density at radius 1 is 1.50 bits per heavy atom. The fourth-order valence-electron chi connectivity index (χ4n) is 2.62. The van der Waals surface area contributed by atoms with Gasteiger partial charge >= 0.3 is 0 Å². The van der Waals surface area contributed by atoms with Crippen molar-refractivity contribution in [2.75, 3.05) is 13.1 Å². The first kappa shape index (κ1) is 13.4. The van der Waals surface area contributed by atoms with Crippen LogP contribution in [-0.2, 0) is 9.59 Å². The molecule has 3 heterocycles. The molecule has 3 rings (SSSR count). The van der Waals surface area contributed by atoms with Crippen molar-refractivity contribution in [3.63, 3.8) is 0 Å². The van der Waals surface area contributed by atoms with Crippen LogP contribution in [-0.4, -0.2) is 46.6 Å². The Labute approximate surface area is 120 Å². The summed E-state index contributed by atoms with van der Waals surface area (Å²) in [6.07, 6.45) is -0.886. The SMILES string of the molecule is CC1(C)Oc2ccsc2C(N2CC(=O)NCC2=O)C1O. The smallest absolute Gasteiger partial charge is 0.243 e. The normalized spacial score (nSPS) is 28.6. The Hall–Kier alpha value is -1.60. The van der Waals surface area contributed by atoms with Crippen LogP contribution in [0.15, 0.2) is 11.4 Å². The van der Waals surface area contributed by atoms with E-state index < -0.39 is 17.7 Å². The zero-order valence-electron chi connectivity index (χ0n) is 11.3. The zero-order chi connectivity index (χ0) is 14.5. The van der Waals surface area contributed by atoms with E-state index in [0.717, 1.165) is 4.88 Å². The summed E-state index contributed by atoms with van der Waals surface area (Å²) < 4.78 is 5.78. The molecule has 0 radical (unpaired) electrons. The molecule has 20 heavy (non-hydrogen) atoms. The lowest BCUT2D eigenvalue weighted by Gasteiger charge is -2.45. The molecule has 2 amide bonds. The number of ether oxygens (including phenoxy) is 1. The summed E-state index contributed by atoms with van der Waals surface area (Å²) >= 11 is 1.42. The molecule has 1 aromatic heterocycles. The third kappa shape index (κ3) is 1.97. The molecule has 1 aromatic rings. The molecule has 1 saturated heterocycles. The van der Waals surface area contributed by atoms with Gasteiger partial charge in [-0.2, -0.15) is 0 Å². The Morgan fingerprint density at radius 3 is 3.00 bits per heavy atom. The van der Waals surface area contributed by atoms with E-state index in [1.54, 1.807) is 13.8 Å². The fourth-order valence-corrected chi connectivity index (χ4v) is 3.58. The lowest BCUT2D eigenvalue weighted by molar-refractivity contribution is -0.152. The number of carbonyl (C=O) groups excluding carboxylic acids is 2. The molecule has 0 aromatic carbocycles. The second-order valence-electron chi connectivity index (χ2n) is 5.54. The predicted molar refractivity (Wildman–Crippen MR) is 72.5 cm³/mol. The van der Waals surface area contributed by atoms with Crippen LogP contribution in [0.25, 0.3) is 0 Å². The molecule has 0 spiro atoms. The summed E-state index contributed by atoms with van der Waals surface area (Å²) in [6, 6.07) is 1.29. The number of rotatable bonds is 1. The van der Waals surface area contributed by atoms with Gasteiger partial charge in [0.2, 0.25) is 11.8 Å². The first-order chi connectivity index (χ1) is 9.40. The van der Waals surface area contributed by atoms with Crippen molar-refractivity contribution in [3.05, 3.63) is 16.3 Å². The lowest BCUT2D eigenvalue weighted by Crippen LogP contribution is -2.59. The number of aliphatic hydroxyl groups is 1. The molecule has 2 aliphatic rings.